The van der Waals surface area contributed by atoms with E-state index < -0.39 is 50.8 Å². The highest BCUT2D eigenvalue weighted by Crippen LogP contribution is 2.34. The smallest absolute Gasteiger partial charge is 0.397 e. The van der Waals surface area contributed by atoms with E-state index in [2.05, 4.69) is 8.37 Å². The molecule has 0 aliphatic rings. The quantitative estimate of drug-likeness (QED) is 0.0541. The van der Waals surface area contributed by atoms with E-state index in [1.54, 1.807) is 12.1 Å². The fourth-order valence-electron chi connectivity index (χ4n) is 2.93. The second kappa shape index (κ2) is 23.4. The summed E-state index contributed by atoms with van der Waals surface area (Å²) in [6.07, 6.45) is 0. The number of nitrogens with two attached hydrogens (primary N) is 6. The van der Waals surface area contributed by atoms with Crippen molar-refractivity contribution in [1.29, 1.82) is 0 Å². The van der Waals surface area contributed by atoms with Crippen molar-refractivity contribution in [2.75, 3.05) is 59.1 Å². The van der Waals surface area contributed by atoms with E-state index in [0.717, 1.165) is 28.8 Å². The van der Waals surface area contributed by atoms with E-state index in [1.165, 1.54) is 23.9 Å². The monoisotopic (exact) mass is 856 g/mol. The first-order valence-electron chi connectivity index (χ1n) is 14.2. The third-order valence-corrected chi connectivity index (χ3v) is 9.70. The van der Waals surface area contributed by atoms with Crippen molar-refractivity contribution in [3.05, 3.63) is 48.5 Å². The molecule has 0 aromatic heterocycles. The fourth-order valence-corrected chi connectivity index (χ4v) is 6.61. The van der Waals surface area contributed by atoms with E-state index in [9.17, 15) is 33.7 Å². The number of anilines is 6. The zero-order valence-electron chi connectivity index (χ0n) is 28.2. The van der Waals surface area contributed by atoms with Crippen LogP contribution in [0.25, 0.3) is 0 Å². The van der Waals surface area contributed by atoms with Gasteiger partial charge in [0.15, 0.2) is 0 Å². The molecule has 298 valence electrons. The van der Waals surface area contributed by atoms with Gasteiger partial charge in [0.25, 0.3) is 20.2 Å². The third-order valence-electron chi connectivity index (χ3n) is 5.03. The molecule has 0 aliphatic heterocycles. The minimum absolute atomic E-state index is 0.00472. The molecule has 0 atom stereocenters. The van der Waals surface area contributed by atoms with Gasteiger partial charge in [-0.25, -0.2) is 8.37 Å². The summed E-state index contributed by atoms with van der Waals surface area (Å²) in [7, 11) is -17.7. The molecule has 16 N–H and O–H groups in total. The van der Waals surface area contributed by atoms with Gasteiger partial charge in [-0.15, -0.1) is 23.5 Å². The summed E-state index contributed by atoms with van der Waals surface area (Å²) in [5.74, 6) is 0.582. The van der Waals surface area contributed by atoms with E-state index in [4.69, 9.17) is 52.6 Å². The second-order valence-corrected chi connectivity index (χ2v) is 15.9. The van der Waals surface area contributed by atoms with Gasteiger partial charge in [0, 0.05) is 27.0 Å². The minimum atomic E-state index is -4.49. The normalized spacial score (nSPS) is 11.2. The number of rotatable bonds is 12. The van der Waals surface area contributed by atoms with Gasteiger partial charge in [0.05, 0.1) is 41.7 Å². The Morgan fingerprint density at radius 2 is 0.923 bits per heavy atom. The standard InChI is InChI=1S/C8H11NO7S3.C8H11NO4S2.C6H10N4O3S.2C2H6/c9-7-2-1-6(5-8(7)18(10,11)12)17-4-3-16-19(13,14)15;9-7-1-3-8(4-2-7)14-6-5-13-15(10,11)12;7-2-1-3(14(11,12)13)5(9)6(10)4(2)8;2*1-2/h1-2,5H,3-4,9H2,(H,10,11,12)(H,13,14,15);1-4H,5-6,9H2,(H,10,11,12);1H,7-10H2,(H,11,12,13);2*1-2H3. The number of benzene rings is 3. The average molecular weight is 857 g/mol. The van der Waals surface area contributed by atoms with E-state index in [1.807, 2.05) is 39.8 Å². The molecule has 3 aromatic rings. The van der Waals surface area contributed by atoms with Crippen LogP contribution in [0.5, 0.6) is 0 Å². The van der Waals surface area contributed by atoms with Gasteiger partial charge in [-0.3, -0.25) is 18.2 Å². The lowest BCUT2D eigenvalue weighted by molar-refractivity contribution is 0.283. The summed E-state index contributed by atoms with van der Waals surface area (Å²) in [6.45, 7) is 7.66. The number of nitrogen functional groups attached to an aromatic ring is 6. The predicted octanol–water partition coefficient (Wildman–Crippen LogP) is 2.92. The molecule has 52 heavy (non-hydrogen) atoms. The van der Waals surface area contributed by atoms with Crippen LogP contribution in [0, 0.1) is 0 Å². The lowest BCUT2D eigenvalue weighted by Crippen LogP contribution is -2.10. The van der Waals surface area contributed by atoms with Crippen molar-refractivity contribution in [1.82, 2.24) is 0 Å². The molecule has 0 heterocycles. The number of thioether (sulfide) groups is 2. The molecule has 26 heteroatoms. The highest BCUT2D eigenvalue weighted by molar-refractivity contribution is 7.99. The second-order valence-electron chi connectivity index (χ2n) is 8.62. The van der Waals surface area contributed by atoms with E-state index in [-0.39, 0.29) is 47.4 Å². The summed E-state index contributed by atoms with van der Waals surface area (Å²) in [5.41, 5.74) is 32.4. The Bertz CT molecular complexity index is 2000. The zero-order valence-corrected chi connectivity index (χ0v) is 33.1. The molecule has 3 aromatic carbocycles. The van der Waals surface area contributed by atoms with Crippen LogP contribution in [-0.4, -0.2) is 76.6 Å². The average Bonchev–Trinajstić information content (AvgIpc) is 3.04. The van der Waals surface area contributed by atoms with Gasteiger partial charge in [-0.1, -0.05) is 27.7 Å². The molecular weight excluding hydrogens is 813 g/mol. The molecule has 20 nitrogen and oxygen atoms in total. The maximum Gasteiger partial charge on any atom is 0.397 e. The van der Waals surface area contributed by atoms with Crippen LogP contribution in [-0.2, 0) is 49.4 Å². The van der Waals surface area contributed by atoms with Crippen LogP contribution in [0.1, 0.15) is 27.7 Å². The Hall–Kier alpha value is -3.28. The molecule has 0 radical (unpaired) electrons. The maximum atomic E-state index is 11.0. The first-order valence-corrected chi connectivity index (χ1v) is 21.8. The first-order chi connectivity index (χ1) is 23.8. The number of hydrogen-bond acceptors (Lipinski definition) is 18. The Kier molecular flexibility index (Phi) is 22.9. The maximum absolute atomic E-state index is 11.0. The molecule has 0 spiro atoms. The van der Waals surface area contributed by atoms with Gasteiger partial charge in [0.1, 0.15) is 9.79 Å². The third kappa shape index (κ3) is 21.3. The van der Waals surface area contributed by atoms with Crippen LogP contribution in [0.2, 0.25) is 0 Å². The summed E-state index contributed by atoms with van der Waals surface area (Å²) in [5, 5.41) is 0. The predicted molar refractivity (Wildman–Crippen MR) is 205 cm³/mol. The first kappa shape index (κ1) is 50.8. The van der Waals surface area contributed by atoms with Crippen LogP contribution in [0.4, 0.5) is 34.1 Å². The van der Waals surface area contributed by atoms with Crippen molar-refractivity contribution in [2.24, 2.45) is 0 Å². The fraction of sp³-hybridized carbons (Fsp3) is 0.308. The van der Waals surface area contributed by atoms with Gasteiger partial charge in [-0.05, 0) is 48.5 Å². The van der Waals surface area contributed by atoms with E-state index in [0.29, 0.717) is 16.3 Å². The molecule has 0 aliphatic carbocycles. The molecule has 0 saturated carbocycles. The number of hydrogen-bond donors (Lipinski definition) is 10. The van der Waals surface area contributed by atoms with Gasteiger partial charge in [0.2, 0.25) is 0 Å². The molecule has 0 bridgehead atoms. The molecule has 0 unspecified atom stereocenters. The molecule has 3 rings (SSSR count). The van der Waals surface area contributed by atoms with Crippen molar-refractivity contribution in [3.8, 4) is 0 Å². The van der Waals surface area contributed by atoms with Crippen LogP contribution in [0.3, 0.4) is 0 Å². The lowest BCUT2D eigenvalue weighted by atomic mass is 10.2. The van der Waals surface area contributed by atoms with Crippen molar-refractivity contribution < 1.29 is 60.2 Å². The lowest BCUT2D eigenvalue weighted by Gasteiger charge is -2.10. The van der Waals surface area contributed by atoms with Crippen LogP contribution < -0.4 is 34.4 Å². The summed E-state index contributed by atoms with van der Waals surface area (Å²) < 4.78 is 127. The Morgan fingerprint density at radius 3 is 1.33 bits per heavy atom. The van der Waals surface area contributed by atoms with Gasteiger partial charge in [-0.2, -0.15) is 33.7 Å². The highest BCUT2D eigenvalue weighted by atomic mass is 32.3. The topological polar surface area (TPSA) is 392 Å². The summed E-state index contributed by atoms with van der Waals surface area (Å²) in [4.78, 5) is 0.443. The highest BCUT2D eigenvalue weighted by Gasteiger charge is 2.19. The molecule has 0 fully saturated rings. The molecule has 0 saturated heterocycles. The Labute approximate surface area is 312 Å². The van der Waals surface area contributed by atoms with Crippen molar-refractivity contribution in [2.45, 2.75) is 47.3 Å². The minimum Gasteiger partial charge on any atom is -0.399 e. The van der Waals surface area contributed by atoms with Gasteiger partial charge >= 0.3 is 20.8 Å². The Morgan fingerprint density at radius 1 is 0.519 bits per heavy atom. The summed E-state index contributed by atoms with van der Waals surface area (Å²) in [6, 6.07) is 12.1. The zero-order chi connectivity index (χ0) is 41.1. The SMILES string of the molecule is CC.CC.Nc1cc(S(=O)(=O)O)c(N)c(N)c1N.Nc1ccc(SCCOS(=O)(=O)O)cc1.Nc1ccc(SCCOS(=O)(=O)O)cc1S(=O)(=O)O. The van der Waals surface area contributed by atoms with Crippen LogP contribution in [0.15, 0.2) is 68.1 Å². The van der Waals surface area contributed by atoms with Crippen LogP contribution >= 0.6 is 23.5 Å². The molecular formula is C26H44N6O14S6. The van der Waals surface area contributed by atoms with E-state index >= 15 is 0 Å². The largest absolute Gasteiger partial charge is 0.399 e. The van der Waals surface area contributed by atoms with Crippen molar-refractivity contribution in [3.63, 3.8) is 0 Å². The van der Waals surface area contributed by atoms with Gasteiger partial charge < -0.3 is 34.4 Å². The Balaban J connectivity index is 0. The molecule has 0 amide bonds. The van der Waals surface area contributed by atoms with Crippen molar-refractivity contribution >= 4 is 98.7 Å². The summed E-state index contributed by atoms with van der Waals surface area (Å²) >= 11 is 2.48.